The number of rotatable bonds is 5. The van der Waals surface area contributed by atoms with E-state index in [1.807, 2.05) is 34.7 Å². The molecule has 0 unspecified atom stereocenters. The van der Waals surface area contributed by atoms with Gasteiger partial charge in [0, 0.05) is 40.5 Å². The van der Waals surface area contributed by atoms with Gasteiger partial charge in [0.25, 0.3) is 0 Å². The second kappa shape index (κ2) is 14.2. The molecule has 1 saturated heterocycles. The van der Waals surface area contributed by atoms with Gasteiger partial charge < -0.3 is 15.4 Å². The standard InChI is InChI=1S/C9H18N2O2.C8H13N3O.C2H6/c1-9(12)10-3-2-4-11-5-7-13-8-6-11;1-5-8(9-7(3)12)6(2)11(4)10-5;1-2/h2-8H2,1H3,(H,10,12);1-4H3,(H,9,12);1-2H3. The van der Waals surface area contributed by atoms with Crippen molar-refractivity contribution in [3.63, 3.8) is 0 Å². The van der Waals surface area contributed by atoms with E-state index in [1.54, 1.807) is 11.6 Å². The van der Waals surface area contributed by atoms with Crippen molar-refractivity contribution in [2.75, 3.05) is 44.7 Å². The van der Waals surface area contributed by atoms with E-state index < -0.39 is 0 Å². The first-order valence-electron chi connectivity index (χ1n) is 9.63. The number of carbonyl (C=O) groups is 2. The Kier molecular flexibility index (Phi) is 13.2. The molecular weight excluding hydrogens is 346 g/mol. The Morgan fingerprint density at radius 1 is 1.11 bits per heavy atom. The van der Waals surface area contributed by atoms with E-state index in [-0.39, 0.29) is 11.8 Å². The Balaban J connectivity index is 0.000000460. The highest BCUT2D eigenvalue weighted by Gasteiger charge is 2.09. The van der Waals surface area contributed by atoms with Gasteiger partial charge in [0.1, 0.15) is 0 Å². The molecule has 0 saturated carbocycles. The average Bonchev–Trinajstić information content (AvgIpc) is 2.88. The molecule has 0 radical (unpaired) electrons. The third kappa shape index (κ3) is 10.7. The Bertz CT molecular complexity index is 566. The molecule has 0 atom stereocenters. The lowest BCUT2D eigenvalue weighted by Gasteiger charge is -2.26. The molecule has 1 aliphatic heterocycles. The number of morpholine rings is 1. The zero-order valence-electron chi connectivity index (χ0n) is 18.0. The number of hydrogen-bond donors (Lipinski definition) is 2. The van der Waals surface area contributed by atoms with Crippen molar-refractivity contribution in [1.82, 2.24) is 20.0 Å². The van der Waals surface area contributed by atoms with Crippen LogP contribution in [0.5, 0.6) is 0 Å². The van der Waals surface area contributed by atoms with Crippen molar-refractivity contribution in [1.29, 1.82) is 0 Å². The highest BCUT2D eigenvalue weighted by Crippen LogP contribution is 2.17. The second-order valence-corrected chi connectivity index (χ2v) is 6.14. The topological polar surface area (TPSA) is 88.5 Å². The minimum Gasteiger partial charge on any atom is -0.379 e. The summed E-state index contributed by atoms with van der Waals surface area (Å²) in [7, 11) is 1.85. The number of nitrogens with zero attached hydrogens (tertiary/aromatic N) is 3. The molecule has 0 aliphatic carbocycles. The maximum Gasteiger partial charge on any atom is 0.221 e. The smallest absolute Gasteiger partial charge is 0.221 e. The van der Waals surface area contributed by atoms with Crippen LogP contribution in [0.1, 0.15) is 45.5 Å². The monoisotopic (exact) mass is 383 g/mol. The lowest BCUT2D eigenvalue weighted by Crippen LogP contribution is -2.38. The lowest BCUT2D eigenvalue weighted by atomic mass is 10.3. The molecule has 0 bridgehead atoms. The number of aromatic nitrogens is 2. The van der Waals surface area contributed by atoms with E-state index in [4.69, 9.17) is 4.74 Å². The fraction of sp³-hybridized carbons (Fsp3) is 0.737. The van der Waals surface area contributed by atoms with Crippen molar-refractivity contribution in [3.05, 3.63) is 11.4 Å². The van der Waals surface area contributed by atoms with E-state index in [2.05, 4.69) is 20.6 Å². The SMILES string of the molecule is CC.CC(=O)NCCCN1CCOCC1.CC(=O)Nc1c(C)nn(C)c1C. The highest BCUT2D eigenvalue weighted by atomic mass is 16.5. The van der Waals surface area contributed by atoms with Gasteiger partial charge in [0.05, 0.1) is 30.3 Å². The Morgan fingerprint density at radius 2 is 1.70 bits per heavy atom. The maximum absolute atomic E-state index is 10.8. The zero-order chi connectivity index (χ0) is 20.8. The van der Waals surface area contributed by atoms with Crippen LogP contribution in [-0.2, 0) is 21.4 Å². The Labute approximate surface area is 163 Å². The predicted molar refractivity (Wildman–Crippen MR) is 109 cm³/mol. The minimum atomic E-state index is -0.0609. The van der Waals surface area contributed by atoms with Crippen molar-refractivity contribution in [3.8, 4) is 0 Å². The van der Waals surface area contributed by atoms with Crippen molar-refractivity contribution in [2.45, 2.75) is 48.0 Å². The van der Waals surface area contributed by atoms with E-state index >= 15 is 0 Å². The van der Waals surface area contributed by atoms with E-state index in [1.165, 1.54) is 6.92 Å². The summed E-state index contributed by atoms with van der Waals surface area (Å²) in [5.74, 6) is -0.00354. The normalized spacial score (nSPS) is 13.6. The van der Waals surface area contributed by atoms with Gasteiger partial charge in [-0.25, -0.2) is 0 Å². The molecule has 8 nitrogen and oxygen atoms in total. The molecule has 1 aromatic rings. The van der Waals surface area contributed by atoms with Crippen LogP contribution in [0.15, 0.2) is 0 Å². The summed E-state index contributed by atoms with van der Waals surface area (Å²) in [5.41, 5.74) is 2.65. The van der Waals surface area contributed by atoms with Crippen LogP contribution in [0.25, 0.3) is 0 Å². The van der Waals surface area contributed by atoms with Gasteiger partial charge in [-0.1, -0.05) is 13.8 Å². The number of aryl methyl sites for hydroxylation is 2. The van der Waals surface area contributed by atoms with E-state index in [0.717, 1.165) is 62.9 Å². The van der Waals surface area contributed by atoms with Crippen LogP contribution in [-0.4, -0.2) is 65.9 Å². The van der Waals surface area contributed by atoms with Crippen LogP contribution in [0.4, 0.5) is 5.69 Å². The van der Waals surface area contributed by atoms with Crippen molar-refractivity contribution >= 4 is 17.5 Å². The summed E-state index contributed by atoms with van der Waals surface area (Å²) in [6.45, 7) is 16.4. The lowest BCUT2D eigenvalue weighted by molar-refractivity contribution is -0.119. The molecule has 1 aliphatic rings. The third-order valence-electron chi connectivity index (χ3n) is 3.94. The molecule has 2 heterocycles. The van der Waals surface area contributed by atoms with Gasteiger partial charge in [0.2, 0.25) is 11.8 Å². The van der Waals surface area contributed by atoms with E-state index in [0.29, 0.717) is 0 Å². The van der Waals surface area contributed by atoms with Crippen LogP contribution in [0.2, 0.25) is 0 Å². The summed E-state index contributed by atoms with van der Waals surface area (Å²) in [6, 6.07) is 0. The first kappa shape index (κ1) is 25.1. The highest BCUT2D eigenvalue weighted by molar-refractivity contribution is 5.89. The molecule has 1 aromatic heterocycles. The van der Waals surface area contributed by atoms with Crippen LogP contribution >= 0.6 is 0 Å². The largest absolute Gasteiger partial charge is 0.379 e. The maximum atomic E-state index is 10.8. The van der Waals surface area contributed by atoms with Crippen molar-refractivity contribution in [2.24, 2.45) is 7.05 Å². The number of nitrogens with one attached hydrogen (secondary N) is 2. The number of carbonyl (C=O) groups excluding carboxylic acids is 2. The fourth-order valence-electron chi connectivity index (χ4n) is 2.52. The molecule has 0 aromatic carbocycles. The third-order valence-corrected chi connectivity index (χ3v) is 3.94. The van der Waals surface area contributed by atoms with Gasteiger partial charge in [-0.2, -0.15) is 5.10 Å². The minimum absolute atomic E-state index is 0.0574. The number of hydrogen-bond acceptors (Lipinski definition) is 5. The molecule has 1 fully saturated rings. The molecule has 2 amide bonds. The summed E-state index contributed by atoms with van der Waals surface area (Å²) in [6.07, 6.45) is 1.03. The summed E-state index contributed by atoms with van der Waals surface area (Å²) in [5, 5.41) is 9.69. The fourth-order valence-corrected chi connectivity index (χ4v) is 2.52. The number of ether oxygens (including phenoxy) is 1. The average molecular weight is 384 g/mol. The van der Waals surface area contributed by atoms with Gasteiger partial charge in [0.15, 0.2) is 0 Å². The second-order valence-electron chi connectivity index (χ2n) is 6.14. The molecule has 8 heteroatoms. The number of amides is 2. The summed E-state index contributed by atoms with van der Waals surface area (Å²) in [4.78, 5) is 23.7. The summed E-state index contributed by atoms with van der Waals surface area (Å²) < 4.78 is 6.98. The zero-order valence-corrected chi connectivity index (χ0v) is 18.0. The molecule has 156 valence electrons. The van der Waals surface area contributed by atoms with Gasteiger partial charge in [-0.05, 0) is 26.8 Å². The van der Waals surface area contributed by atoms with E-state index in [9.17, 15) is 9.59 Å². The van der Waals surface area contributed by atoms with Crippen LogP contribution < -0.4 is 10.6 Å². The Hall–Kier alpha value is -1.93. The first-order chi connectivity index (χ1) is 12.8. The molecule has 27 heavy (non-hydrogen) atoms. The number of anilines is 1. The molecule has 2 N–H and O–H groups in total. The van der Waals surface area contributed by atoms with Gasteiger partial charge in [-0.15, -0.1) is 0 Å². The summed E-state index contributed by atoms with van der Waals surface area (Å²) >= 11 is 0. The van der Waals surface area contributed by atoms with Crippen LogP contribution in [0.3, 0.4) is 0 Å². The van der Waals surface area contributed by atoms with Gasteiger partial charge in [-0.3, -0.25) is 19.2 Å². The van der Waals surface area contributed by atoms with Crippen LogP contribution in [0, 0.1) is 13.8 Å². The van der Waals surface area contributed by atoms with Gasteiger partial charge >= 0.3 is 0 Å². The van der Waals surface area contributed by atoms with Crippen molar-refractivity contribution < 1.29 is 14.3 Å². The Morgan fingerprint density at radius 3 is 2.15 bits per heavy atom. The predicted octanol–water partition coefficient (Wildman–Crippen LogP) is 1.87. The molecule has 2 rings (SSSR count). The first-order valence-corrected chi connectivity index (χ1v) is 9.63. The quantitative estimate of drug-likeness (QED) is 0.758. The molecule has 0 spiro atoms. The molecular formula is C19H37N5O3.